The summed E-state index contributed by atoms with van der Waals surface area (Å²) < 4.78 is 27.3. The highest BCUT2D eigenvalue weighted by Crippen LogP contribution is 2.25. The van der Waals surface area contributed by atoms with Crippen LogP contribution in [0.5, 0.6) is 5.75 Å². The van der Waals surface area contributed by atoms with Crippen molar-refractivity contribution in [3.8, 4) is 5.75 Å². The van der Waals surface area contributed by atoms with E-state index in [4.69, 9.17) is 9.15 Å². The van der Waals surface area contributed by atoms with Gasteiger partial charge in [-0.05, 0) is 57.0 Å². The predicted molar refractivity (Wildman–Crippen MR) is 124 cm³/mol. The number of amides is 1. The molecule has 2 heterocycles. The van der Waals surface area contributed by atoms with E-state index in [1.54, 1.807) is 41.9 Å². The van der Waals surface area contributed by atoms with Crippen LogP contribution in [0.25, 0.3) is 0 Å². The summed E-state index contributed by atoms with van der Waals surface area (Å²) in [6.07, 6.45) is 0. The molecule has 1 N–H and O–H groups in total. The van der Waals surface area contributed by atoms with Crippen molar-refractivity contribution in [3.05, 3.63) is 100 Å². The number of anilines is 1. The summed E-state index contributed by atoms with van der Waals surface area (Å²) in [5, 5.41) is 7.33. The van der Waals surface area contributed by atoms with Crippen molar-refractivity contribution in [2.45, 2.75) is 40.8 Å². The lowest BCUT2D eigenvalue weighted by atomic mass is 10.1. The zero-order valence-corrected chi connectivity index (χ0v) is 19.1. The normalized spacial score (nSPS) is 10.9. The Morgan fingerprint density at radius 3 is 2.48 bits per heavy atom. The Morgan fingerprint density at radius 1 is 1.03 bits per heavy atom. The molecule has 0 saturated carbocycles. The maximum atomic E-state index is 14.0. The summed E-state index contributed by atoms with van der Waals surface area (Å²) in [7, 11) is 0. The molecule has 0 radical (unpaired) electrons. The Morgan fingerprint density at radius 2 is 1.76 bits per heavy atom. The van der Waals surface area contributed by atoms with Crippen LogP contribution in [0, 0.1) is 33.5 Å². The van der Waals surface area contributed by atoms with Gasteiger partial charge < -0.3 is 14.5 Å². The minimum atomic E-state index is -0.384. The van der Waals surface area contributed by atoms with Gasteiger partial charge in [-0.3, -0.25) is 9.48 Å². The van der Waals surface area contributed by atoms with Crippen molar-refractivity contribution >= 4 is 11.6 Å². The fourth-order valence-electron chi connectivity index (χ4n) is 3.74. The fourth-order valence-corrected chi connectivity index (χ4v) is 3.74. The molecule has 4 aromatic rings. The van der Waals surface area contributed by atoms with Gasteiger partial charge >= 0.3 is 0 Å². The largest absolute Gasteiger partial charge is 0.485 e. The van der Waals surface area contributed by atoms with Gasteiger partial charge in [-0.2, -0.15) is 5.10 Å². The highest BCUT2D eigenvalue weighted by molar-refractivity contribution is 6.02. The first-order valence-corrected chi connectivity index (χ1v) is 10.7. The highest BCUT2D eigenvalue weighted by Gasteiger charge is 2.18. The molecule has 0 unspecified atom stereocenters. The van der Waals surface area contributed by atoms with Crippen molar-refractivity contribution in [1.82, 2.24) is 9.78 Å². The van der Waals surface area contributed by atoms with E-state index in [9.17, 15) is 9.18 Å². The lowest BCUT2D eigenvalue weighted by Crippen LogP contribution is -2.12. The number of carbonyl (C=O) groups excluding carboxylic acids is 1. The second kappa shape index (κ2) is 9.32. The molecular formula is C26H26FN3O3. The van der Waals surface area contributed by atoms with Crippen molar-refractivity contribution < 1.29 is 18.3 Å². The third-order valence-electron chi connectivity index (χ3n) is 5.55. The molecule has 2 aromatic carbocycles. The smallest absolute Gasteiger partial charge is 0.291 e. The molecule has 0 atom stereocenters. The molecule has 0 saturated heterocycles. The average molecular weight is 448 g/mol. The summed E-state index contributed by atoms with van der Waals surface area (Å²) in [4.78, 5) is 12.8. The van der Waals surface area contributed by atoms with Gasteiger partial charge in [0.15, 0.2) is 5.76 Å². The van der Waals surface area contributed by atoms with E-state index in [-0.39, 0.29) is 30.6 Å². The third-order valence-corrected chi connectivity index (χ3v) is 5.55. The van der Waals surface area contributed by atoms with E-state index < -0.39 is 0 Å². The number of hydrogen-bond acceptors (Lipinski definition) is 4. The first kappa shape index (κ1) is 22.3. The molecule has 33 heavy (non-hydrogen) atoms. The number of aryl methyl sites for hydroxylation is 3. The maximum Gasteiger partial charge on any atom is 0.291 e. The van der Waals surface area contributed by atoms with E-state index in [1.807, 2.05) is 39.0 Å². The number of benzene rings is 2. The second-order valence-corrected chi connectivity index (χ2v) is 8.02. The van der Waals surface area contributed by atoms with Crippen LogP contribution in [0.2, 0.25) is 0 Å². The number of nitrogens with one attached hydrogen (secondary N) is 1. The van der Waals surface area contributed by atoms with E-state index in [0.717, 1.165) is 22.6 Å². The third kappa shape index (κ3) is 4.82. The molecule has 2 aromatic heterocycles. The van der Waals surface area contributed by atoms with Crippen LogP contribution >= 0.6 is 0 Å². The monoisotopic (exact) mass is 447 g/mol. The number of rotatable bonds is 7. The van der Waals surface area contributed by atoms with Gasteiger partial charge in [0.2, 0.25) is 0 Å². The van der Waals surface area contributed by atoms with Crippen molar-refractivity contribution in [3.63, 3.8) is 0 Å². The summed E-state index contributed by atoms with van der Waals surface area (Å²) in [5.74, 6) is 0.863. The first-order chi connectivity index (χ1) is 15.8. The molecular weight excluding hydrogens is 421 g/mol. The predicted octanol–water partition coefficient (Wildman–Crippen LogP) is 5.73. The summed E-state index contributed by atoms with van der Waals surface area (Å²) in [6, 6.07) is 15.9. The van der Waals surface area contributed by atoms with Crippen LogP contribution in [0.15, 0.2) is 59.0 Å². The van der Waals surface area contributed by atoms with Gasteiger partial charge in [-0.1, -0.05) is 36.4 Å². The Balaban J connectivity index is 1.44. The molecule has 6 nitrogen and oxygen atoms in total. The van der Waals surface area contributed by atoms with Crippen LogP contribution in [0.1, 0.15) is 44.4 Å². The number of hydrogen-bond donors (Lipinski definition) is 1. The summed E-state index contributed by atoms with van der Waals surface area (Å²) >= 11 is 0. The molecule has 0 aliphatic rings. The molecule has 7 heteroatoms. The zero-order chi connectivity index (χ0) is 23.5. The Bertz CT molecular complexity index is 1290. The molecule has 0 bridgehead atoms. The van der Waals surface area contributed by atoms with Crippen molar-refractivity contribution in [2.24, 2.45) is 0 Å². The van der Waals surface area contributed by atoms with Gasteiger partial charge in [-0.25, -0.2) is 4.39 Å². The lowest BCUT2D eigenvalue weighted by Gasteiger charge is -2.10. The number of furan rings is 1. The number of aromatic nitrogens is 2. The van der Waals surface area contributed by atoms with E-state index in [0.29, 0.717) is 22.7 Å². The quantitative estimate of drug-likeness (QED) is 0.393. The number of nitrogens with zero attached hydrogens (tertiary/aromatic N) is 2. The van der Waals surface area contributed by atoms with Crippen molar-refractivity contribution in [2.75, 3.05) is 5.32 Å². The molecule has 170 valence electrons. The zero-order valence-electron chi connectivity index (χ0n) is 19.1. The van der Waals surface area contributed by atoms with Gasteiger partial charge in [0, 0.05) is 5.56 Å². The van der Waals surface area contributed by atoms with Crippen LogP contribution in [0.4, 0.5) is 10.1 Å². The molecule has 1 amide bonds. The van der Waals surface area contributed by atoms with Crippen LogP contribution in [-0.4, -0.2) is 15.7 Å². The molecule has 0 spiro atoms. The van der Waals surface area contributed by atoms with Crippen LogP contribution in [0.3, 0.4) is 0 Å². The lowest BCUT2D eigenvalue weighted by molar-refractivity contribution is 0.0992. The van der Waals surface area contributed by atoms with Gasteiger partial charge in [0.1, 0.15) is 23.9 Å². The van der Waals surface area contributed by atoms with E-state index in [1.165, 1.54) is 6.07 Å². The standard InChI is InChI=1S/C26H26FN3O3/c1-16-8-7-9-17(2)25(16)32-15-21-12-13-23(33-21)26(31)28-24-18(3)29-30(19(24)4)14-20-10-5-6-11-22(20)27/h5-13H,14-15H2,1-4H3,(H,28,31). The summed E-state index contributed by atoms with van der Waals surface area (Å²) in [6.45, 7) is 8.10. The average Bonchev–Trinajstić information content (AvgIpc) is 3.35. The summed E-state index contributed by atoms with van der Waals surface area (Å²) in [5.41, 5.74) is 4.56. The first-order valence-electron chi connectivity index (χ1n) is 10.7. The van der Waals surface area contributed by atoms with Gasteiger partial charge in [0.25, 0.3) is 5.91 Å². The number of ether oxygens (including phenoxy) is 1. The van der Waals surface area contributed by atoms with Gasteiger partial charge in [0.05, 0.1) is 23.6 Å². The van der Waals surface area contributed by atoms with Crippen LogP contribution < -0.4 is 10.1 Å². The number of halogens is 1. The molecule has 0 fully saturated rings. The van der Waals surface area contributed by atoms with Crippen molar-refractivity contribution in [1.29, 1.82) is 0 Å². The minimum absolute atomic E-state index is 0.177. The van der Waals surface area contributed by atoms with E-state index >= 15 is 0 Å². The van der Waals surface area contributed by atoms with Crippen LogP contribution in [-0.2, 0) is 13.2 Å². The fraction of sp³-hybridized carbons (Fsp3) is 0.231. The Labute approximate surface area is 192 Å². The van der Waals surface area contributed by atoms with Gasteiger partial charge in [-0.15, -0.1) is 0 Å². The Kier molecular flexibility index (Phi) is 6.31. The number of para-hydroxylation sites is 1. The Hall–Kier alpha value is -3.87. The molecule has 0 aliphatic carbocycles. The maximum absolute atomic E-state index is 14.0. The second-order valence-electron chi connectivity index (χ2n) is 8.02. The van der Waals surface area contributed by atoms with E-state index in [2.05, 4.69) is 10.4 Å². The highest BCUT2D eigenvalue weighted by atomic mass is 19.1. The number of carbonyl (C=O) groups is 1. The molecule has 4 rings (SSSR count). The topological polar surface area (TPSA) is 69.3 Å². The SMILES string of the molecule is Cc1cccc(C)c1OCc1ccc(C(=O)Nc2c(C)nn(Cc3ccccc3F)c2C)o1. The minimum Gasteiger partial charge on any atom is -0.485 e. The molecule has 0 aliphatic heterocycles.